The van der Waals surface area contributed by atoms with Crippen LogP contribution in [0.15, 0.2) is 48.5 Å². The molecule has 10 heteroatoms. The summed E-state index contributed by atoms with van der Waals surface area (Å²) in [5, 5.41) is 11.7. The number of nitrogens with zero attached hydrogens (tertiary/aromatic N) is 1. The standard InChI is InChI=1S/C26H28F4N2O.O2S/c1-17-4-6-18(7-5-17)19-8-10-20(11-9-19)23(26(28,29)30)32-21(14-24(2,3)27)22(33)15-25(16-31)12-13-25;1-3-2/h4-11,21,23,32H,12-15H2,1-3H3;/t21-,23-;/m0./s1. The van der Waals surface area contributed by atoms with E-state index in [1.807, 2.05) is 31.2 Å². The molecule has 194 valence electrons. The van der Waals surface area contributed by atoms with Crippen molar-refractivity contribution in [2.75, 3.05) is 0 Å². The van der Waals surface area contributed by atoms with Gasteiger partial charge < -0.3 is 0 Å². The van der Waals surface area contributed by atoms with Crippen LogP contribution in [0.4, 0.5) is 17.6 Å². The summed E-state index contributed by atoms with van der Waals surface area (Å²) in [6, 6.07) is 12.2. The molecule has 0 bridgehead atoms. The number of alkyl halides is 4. The Bertz CT molecular complexity index is 1110. The van der Waals surface area contributed by atoms with Gasteiger partial charge in [-0.3, -0.25) is 10.1 Å². The van der Waals surface area contributed by atoms with Crippen molar-refractivity contribution >= 4 is 17.4 Å². The molecule has 1 fully saturated rings. The molecule has 0 spiro atoms. The fourth-order valence-corrected chi connectivity index (χ4v) is 3.88. The number of benzene rings is 2. The molecular formula is C26H28F4N2O3S. The number of nitrogens with one attached hydrogen (secondary N) is 1. The number of hydrogen-bond acceptors (Lipinski definition) is 5. The molecule has 1 saturated carbocycles. The number of nitriles is 1. The number of hydrogen-bond donors (Lipinski definition) is 1. The van der Waals surface area contributed by atoms with Crippen LogP contribution in [-0.2, 0) is 16.4 Å². The minimum Gasteiger partial charge on any atom is -0.298 e. The number of carbonyl (C=O) groups excluding carboxylic acids is 1. The molecule has 1 aliphatic rings. The second kappa shape index (κ2) is 11.9. The Morgan fingerprint density at radius 1 is 1.03 bits per heavy atom. The van der Waals surface area contributed by atoms with Crippen LogP contribution in [0.5, 0.6) is 0 Å². The summed E-state index contributed by atoms with van der Waals surface area (Å²) >= 11 is -0.750. The number of Topliss-reactive ketones (excluding diaryl/α,β-unsaturated/α-hetero) is 1. The van der Waals surface area contributed by atoms with Crippen LogP contribution < -0.4 is 5.32 Å². The zero-order chi connectivity index (χ0) is 27.1. The van der Waals surface area contributed by atoms with Crippen LogP contribution in [0.1, 0.15) is 56.7 Å². The quantitative estimate of drug-likeness (QED) is 0.410. The van der Waals surface area contributed by atoms with Crippen LogP contribution in [0, 0.1) is 23.7 Å². The van der Waals surface area contributed by atoms with E-state index in [9.17, 15) is 27.6 Å². The first-order chi connectivity index (χ1) is 16.7. The molecular weight excluding hydrogens is 496 g/mol. The topological polar surface area (TPSA) is 87.0 Å². The molecule has 36 heavy (non-hydrogen) atoms. The van der Waals surface area contributed by atoms with Crippen molar-refractivity contribution in [3.63, 3.8) is 0 Å². The molecule has 5 nitrogen and oxygen atoms in total. The van der Waals surface area contributed by atoms with E-state index in [4.69, 9.17) is 8.42 Å². The van der Waals surface area contributed by atoms with Gasteiger partial charge in [0, 0.05) is 12.8 Å². The normalized spacial score (nSPS) is 16.1. The lowest BCUT2D eigenvalue weighted by Gasteiger charge is -2.30. The van der Waals surface area contributed by atoms with Gasteiger partial charge in [-0.1, -0.05) is 54.1 Å². The average Bonchev–Trinajstić information content (AvgIpc) is 3.56. The number of carbonyl (C=O) groups is 1. The lowest BCUT2D eigenvalue weighted by atomic mass is 9.90. The number of rotatable bonds is 9. The lowest BCUT2D eigenvalue weighted by Crippen LogP contribution is -2.47. The molecule has 2 aromatic rings. The maximum Gasteiger partial charge on any atom is 0.407 e. The first-order valence-corrected chi connectivity index (χ1v) is 11.9. The van der Waals surface area contributed by atoms with Crippen molar-refractivity contribution in [2.24, 2.45) is 5.41 Å². The summed E-state index contributed by atoms with van der Waals surface area (Å²) in [7, 11) is 0. The van der Waals surface area contributed by atoms with Gasteiger partial charge in [0.15, 0.2) is 5.78 Å². The fraction of sp³-hybridized carbons (Fsp3) is 0.462. The summed E-state index contributed by atoms with van der Waals surface area (Å²) in [6.07, 6.45) is -4.22. The van der Waals surface area contributed by atoms with E-state index in [0.717, 1.165) is 16.7 Å². The van der Waals surface area contributed by atoms with E-state index < -0.39 is 53.1 Å². The van der Waals surface area contributed by atoms with E-state index in [-0.39, 0.29) is 12.0 Å². The highest BCUT2D eigenvalue weighted by atomic mass is 32.1. The second-order valence-electron chi connectivity index (χ2n) is 9.71. The summed E-state index contributed by atoms with van der Waals surface area (Å²) in [5.41, 5.74) is -0.0194. The van der Waals surface area contributed by atoms with Gasteiger partial charge in [-0.25, -0.2) is 4.39 Å². The van der Waals surface area contributed by atoms with Gasteiger partial charge in [0.25, 0.3) is 0 Å². The molecule has 0 radical (unpaired) electrons. The van der Waals surface area contributed by atoms with E-state index in [1.165, 1.54) is 26.0 Å². The largest absolute Gasteiger partial charge is 0.407 e. The highest BCUT2D eigenvalue weighted by Crippen LogP contribution is 2.48. The predicted molar refractivity (Wildman–Crippen MR) is 128 cm³/mol. The van der Waals surface area contributed by atoms with E-state index in [0.29, 0.717) is 12.8 Å². The second-order valence-corrected chi connectivity index (χ2v) is 9.84. The minimum atomic E-state index is -4.70. The molecule has 0 heterocycles. The van der Waals surface area contributed by atoms with Crippen molar-refractivity contribution in [2.45, 2.75) is 70.4 Å². The molecule has 2 atom stereocenters. The number of halogens is 4. The Labute approximate surface area is 211 Å². The molecule has 0 amide bonds. The van der Waals surface area contributed by atoms with Crippen molar-refractivity contribution in [1.82, 2.24) is 5.32 Å². The summed E-state index contributed by atoms with van der Waals surface area (Å²) < 4.78 is 73.1. The number of ketones is 1. The van der Waals surface area contributed by atoms with Crippen molar-refractivity contribution in [3.8, 4) is 17.2 Å². The van der Waals surface area contributed by atoms with Crippen LogP contribution in [0.2, 0.25) is 0 Å². The van der Waals surface area contributed by atoms with Crippen molar-refractivity contribution in [1.29, 1.82) is 5.26 Å². The Morgan fingerprint density at radius 2 is 1.50 bits per heavy atom. The average molecular weight is 525 g/mol. The zero-order valence-corrected chi connectivity index (χ0v) is 21.0. The number of aryl methyl sites for hydroxylation is 1. The molecule has 0 aromatic heterocycles. The van der Waals surface area contributed by atoms with Crippen LogP contribution in [0.3, 0.4) is 0 Å². The zero-order valence-electron chi connectivity index (χ0n) is 20.2. The van der Waals surface area contributed by atoms with E-state index >= 15 is 0 Å². The van der Waals surface area contributed by atoms with Gasteiger partial charge in [0.1, 0.15) is 11.7 Å². The van der Waals surface area contributed by atoms with Crippen molar-refractivity contribution < 1.29 is 30.8 Å². The van der Waals surface area contributed by atoms with Crippen LogP contribution >= 0.6 is 0 Å². The summed E-state index contributed by atoms with van der Waals surface area (Å²) in [5.74, 6) is -0.565. The molecule has 3 rings (SSSR count). The maximum atomic E-state index is 14.4. The Kier molecular flexibility index (Phi) is 9.69. The maximum absolute atomic E-state index is 14.4. The van der Waals surface area contributed by atoms with Gasteiger partial charge in [-0.05, 0) is 50.3 Å². The van der Waals surface area contributed by atoms with Gasteiger partial charge >= 0.3 is 17.7 Å². The van der Waals surface area contributed by atoms with E-state index in [1.54, 1.807) is 12.1 Å². The van der Waals surface area contributed by atoms with E-state index in [2.05, 4.69) is 11.4 Å². The smallest absolute Gasteiger partial charge is 0.298 e. The van der Waals surface area contributed by atoms with Crippen LogP contribution in [0.25, 0.3) is 11.1 Å². The first kappa shape index (κ1) is 29.3. The van der Waals surface area contributed by atoms with Gasteiger partial charge in [-0.15, -0.1) is 0 Å². The molecule has 1 aliphatic carbocycles. The predicted octanol–water partition coefficient (Wildman–Crippen LogP) is 5.95. The first-order valence-electron chi connectivity index (χ1n) is 11.3. The third-order valence-corrected chi connectivity index (χ3v) is 6.01. The van der Waals surface area contributed by atoms with Gasteiger partial charge in [0.05, 0.1) is 17.5 Å². The van der Waals surface area contributed by atoms with Crippen molar-refractivity contribution in [3.05, 3.63) is 59.7 Å². The van der Waals surface area contributed by atoms with Gasteiger partial charge in [-0.2, -0.15) is 26.9 Å². The third kappa shape index (κ3) is 8.64. The molecule has 1 N–H and O–H groups in total. The van der Waals surface area contributed by atoms with Gasteiger partial charge in [0.2, 0.25) is 0 Å². The Morgan fingerprint density at radius 3 is 1.89 bits per heavy atom. The Balaban J connectivity index is 0.00000145. The monoisotopic (exact) mass is 524 g/mol. The Hall–Kier alpha value is -2.90. The fourth-order valence-electron chi connectivity index (χ4n) is 3.88. The highest BCUT2D eigenvalue weighted by molar-refractivity contribution is 7.51. The van der Waals surface area contributed by atoms with Crippen LogP contribution in [-0.4, -0.2) is 32.1 Å². The summed E-state index contributed by atoms with van der Waals surface area (Å²) in [4.78, 5) is 12.8. The molecule has 0 saturated heterocycles. The third-order valence-electron chi connectivity index (χ3n) is 6.01. The highest BCUT2D eigenvalue weighted by Gasteiger charge is 2.48. The lowest BCUT2D eigenvalue weighted by molar-refractivity contribution is -0.161. The minimum absolute atomic E-state index is 0.0609. The summed E-state index contributed by atoms with van der Waals surface area (Å²) in [6.45, 7) is 4.40. The molecule has 0 unspecified atom stereocenters. The molecule has 0 aliphatic heterocycles. The SMILES string of the molecule is Cc1ccc(-c2ccc([C@H](N[C@@H](CC(C)(C)F)C(=O)CC3(C#N)CC3)C(F)(F)F)cc2)cc1.O=S=O. The molecule has 2 aromatic carbocycles.